The zero-order chi connectivity index (χ0) is 14.0. The topological polar surface area (TPSA) is 12.5 Å². The van der Waals surface area contributed by atoms with Crippen LogP contribution in [0.2, 0.25) is 0 Å². The highest BCUT2D eigenvalue weighted by atomic mass is 19.4. The molecule has 0 atom stereocenters. The molecule has 1 aromatic rings. The van der Waals surface area contributed by atoms with E-state index >= 15 is 0 Å². The van der Waals surface area contributed by atoms with Gasteiger partial charge in [0.05, 0.1) is 12.7 Å². The summed E-state index contributed by atoms with van der Waals surface area (Å²) < 4.78 is 43.1. The predicted octanol–water partition coefficient (Wildman–Crippen LogP) is 3.43. The SMILES string of the molecule is COc1cc(C(F)(F)F)ccc1C1=CCCN(C)C1. The Kier molecular flexibility index (Phi) is 3.85. The Balaban J connectivity index is 2.39. The summed E-state index contributed by atoms with van der Waals surface area (Å²) in [7, 11) is 3.38. The molecule has 2 nitrogen and oxygen atoms in total. The highest BCUT2D eigenvalue weighted by molar-refractivity contribution is 5.72. The molecule has 1 aliphatic rings. The third kappa shape index (κ3) is 3.10. The zero-order valence-electron chi connectivity index (χ0n) is 10.9. The molecule has 5 heteroatoms. The molecule has 1 aliphatic heterocycles. The number of likely N-dealkylation sites (N-methyl/N-ethyl adjacent to an activating group) is 1. The van der Waals surface area contributed by atoms with Crippen molar-refractivity contribution >= 4 is 5.57 Å². The fraction of sp³-hybridized carbons (Fsp3) is 0.429. The molecule has 0 saturated heterocycles. The first-order valence-corrected chi connectivity index (χ1v) is 6.05. The van der Waals surface area contributed by atoms with Crippen molar-refractivity contribution in [3.63, 3.8) is 0 Å². The van der Waals surface area contributed by atoms with Gasteiger partial charge < -0.3 is 9.64 Å². The third-order valence-corrected chi connectivity index (χ3v) is 3.22. The van der Waals surface area contributed by atoms with Gasteiger partial charge in [-0.1, -0.05) is 12.1 Å². The molecule has 0 saturated carbocycles. The van der Waals surface area contributed by atoms with Crippen LogP contribution in [0.15, 0.2) is 24.3 Å². The van der Waals surface area contributed by atoms with Gasteiger partial charge in [-0.05, 0) is 31.2 Å². The maximum absolute atomic E-state index is 12.7. The average molecular weight is 271 g/mol. The largest absolute Gasteiger partial charge is 0.496 e. The van der Waals surface area contributed by atoms with Gasteiger partial charge in [-0.3, -0.25) is 0 Å². The van der Waals surface area contributed by atoms with Crippen LogP contribution in [0, 0.1) is 0 Å². The number of methoxy groups -OCH3 is 1. The number of benzene rings is 1. The van der Waals surface area contributed by atoms with Crippen molar-refractivity contribution in [3.05, 3.63) is 35.4 Å². The quantitative estimate of drug-likeness (QED) is 0.817. The number of nitrogens with zero attached hydrogens (tertiary/aromatic N) is 1. The second-order valence-electron chi connectivity index (χ2n) is 4.67. The van der Waals surface area contributed by atoms with Crippen molar-refractivity contribution in [1.82, 2.24) is 4.90 Å². The fourth-order valence-corrected chi connectivity index (χ4v) is 2.22. The van der Waals surface area contributed by atoms with E-state index in [1.807, 2.05) is 7.05 Å². The lowest BCUT2D eigenvalue weighted by atomic mass is 9.99. The Bertz CT molecular complexity index is 494. The second kappa shape index (κ2) is 5.25. The number of alkyl halides is 3. The smallest absolute Gasteiger partial charge is 0.416 e. The van der Waals surface area contributed by atoms with Gasteiger partial charge in [0.2, 0.25) is 0 Å². The van der Waals surface area contributed by atoms with E-state index in [2.05, 4.69) is 11.0 Å². The van der Waals surface area contributed by atoms with Gasteiger partial charge in [0.15, 0.2) is 0 Å². The molecule has 19 heavy (non-hydrogen) atoms. The van der Waals surface area contributed by atoms with Crippen LogP contribution in [0.5, 0.6) is 5.75 Å². The maximum Gasteiger partial charge on any atom is 0.416 e. The standard InChI is InChI=1S/C14H16F3NO/c1-18-7-3-4-10(9-18)12-6-5-11(14(15,16)17)8-13(12)19-2/h4-6,8H,3,7,9H2,1-2H3. The summed E-state index contributed by atoms with van der Waals surface area (Å²) in [5.74, 6) is 0.274. The van der Waals surface area contributed by atoms with Gasteiger partial charge in [-0.25, -0.2) is 0 Å². The predicted molar refractivity (Wildman–Crippen MR) is 68.1 cm³/mol. The van der Waals surface area contributed by atoms with Crippen LogP contribution in [0.4, 0.5) is 13.2 Å². The molecule has 0 radical (unpaired) electrons. The summed E-state index contributed by atoms with van der Waals surface area (Å²) >= 11 is 0. The minimum absolute atomic E-state index is 0.274. The molecule has 0 aromatic heterocycles. The summed E-state index contributed by atoms with van der Waals surface area (Å²) in [6, 6.07) is 3.66. The monoisotopic (exact) mass is 271 g/mol. The van der Waals surface area contributed by atoms with Gasteiger partial charge in [0.25, 0.3) is 0 Å². The lowest BCUT2D eigenvalue weighted by Crippen LogP contribution is -2.25. The number of hydrogen-bond acceptors (Lipinski definition) is 2. The van der Waals surface area contributed by atoms with E-state index in [0.29, 0.717) is 0 Å². The van der Waals surface area contributed by atoms with Crippen LogP contribution < -0.4 is 4.74 Å². The van der Waals surface area contributed by atoms with E-state index in [0.717, 1.165) is 42.8 Å². The molecule has 0 aliphatic carbocycles. The van der Waals surface area contributed by atoms with Gasteiger partial charge in [0, 0.05) is 18.7 Å². The minimum atomic E-state index is -4.34. The van der Waals surface area contributed by atoms with Crippen molar-refractivity contribution in [2.75, 3.05) is 27.2 Å². The summed E-state index contributed by atoms with van der Waals surface area (Å²) in [5.41, 5.74) is 1.07. The Morgan fingerprint density at radius 1 is 1.26 bits per heavy atom. The van der Waals surface area contributed by atoms with Gasteiger partial charge >= 0.3 is 6.18 Å². The van der Waals surface area contributed by atoms with Gasteiger partial charge in [0.1, 0.15) is 5.75 Å². The first kappa shape index (κ1) is 13.9. The van der Waals surface area contributed by atoms with E-state index < -0.39 is 11.7 Å². The van der Waals surface area contributed by atoms with Gasteiger partial charge in [-0.15, -0.1) is 0 Å². The first-order chi connectivity index (χ1) is 8.91. The first-order valence-electron chi connectivity index (χ1n) is 6.05. The lowest BCUT2D eigenvalue weighted by molar-refractivity contribution is -0.137. The Morgan fingerprint density at radius 3 is 2.58 bits per heavy atom. The maximum atomic E-state index is 12.7. The third-order valence-electron chi connectivity index (χ3n) is 3.22. The number of rotatable bonds is 2. The van der Waals surface area contributed by atoms with Gasteiger partial charge in [-0.2, -0.15) is 13.2 Å². The Morgan fingerprint density at radius 2 is 2.00 bits per heavy atom. The number of halogens is 3. The Labute approximate surface area is 110 Å². The van der Waals surface area contributed by atoms with E-state index in [9.17, 15) is 13.2 Å². The molecule has 1 aromatic carbocycles. The van der Waals surface area contributed by atoms with Crippen LogP contribution in [0.25, 0.3) is 5.57 Å². The molecule has 0 amide bonds. The normalized spacial score (nSPS) is 17.2. The van der Waals surface area contributed by atoms with E-state index in [4.69, 9.17) is 4.74 Å². The number of ether oxygens (including phenoxy) is 1. The second-order valence-corrected chi connectivity index (χ2v) is 4.67. The Hall–Kier alpha value is -1.49. The average Bonchev–Trinajstić information content (AvgIpc) is 2.37. The summed E-state index contributed by atoms with van der Waals surface area (Å²) in [4.78, 5) is 2.13. The highest BCUT2D eigenvalue weighted by Gasteiger charge is 2.31. The zero-order valence-corrected chi connectivity index (χ0v) is 10.9. The molecular weight excluding hydrogens is 255 g/mol. The lowest BCUT2D eigenvalue weighted by Gasteiger charge is -2.24. The van der Waals surface area contributed by atoms with Crippen LogP contribution in [0.1, 0.15) is 17.5 Å². The molecule has 0 fully saturated rings. The molecule has 104 valence electrons. The van der Waals surface area contributed by atoms with Crippen molar-refractivity contribution < 1.29 is 17.9 Å². The van der Waals surface area contributed by atoms with Crippen LogP contribution in [-0.4, -0.2) is 32.1 Å². The molecule has 0 N–H and O–H groups in total. The van der Waals surface area contributed by atoms with E-state index in [1.165, 1.54) is 13.2 Å². The summed E-state index contributed by atoms with van der Waals surface area (Å²) in [5, 5.41) is 0. The minimum Gasteiger partial charge on any atom is -0.496 e. The van der Waals surface area contributed by atoms with Crippen molar-refractivity contribution in [3.8, 4) is 5.75 Å². The van der Waals surface area contributed by atoms with Crippen molar-refractivity contribution in [2.45, 2.75) is 12.6 Å². The van der Waals surface area contributed by atoms with E-state index in [-0.39, 0.29) is 5.75 Å². The molecule has 1 heterocycles. The van der Waals surface area contributed by atoms with Crippen LogP contribution >= 0.6 is 0 Å². The molecule has 2 rings (SSSR count). The molecule has 0 bridgehead atoms. The molecular formula is C14H16F3NO. The number of hydrogen-bond donors (Lipinski definition) is 0. The highest BCUT2D eigenvalue weighted by Crippen LogP contribution is 2.36. The molecule has 0 spiro atoms. The van der Waals surface area contributed by atoms with Crippen LogP contribution in [-0.2, 0) is 6.18 Å². The van der Waals surface area contributed by atoms with Crippen molar-refractivity contribution in [2.24, 2.45) is 0 Å². The summed E-state index contributed by atoms with van der Waals surface area (Å²) in [6.07, 6.45) is -1.38. The van der Waals surface area contributed by atoms with Crippen LogP contribution in [0.3, 0.4) is 0 Å². The van der Waals surface area contributed by atoms with Crippen molar-refractivity contribution in [1.29, 1.82) is 0 Å². The fourth-order valence-electron chi connectivity index (χ4n) is 2.22. The molecule has 0 unspecified atom stereocenters. The summed E-state index contributed by atoms with van der Waals surface area (Å²) in [6.45, 7) is 1.69. The van der Waals surface area contributed by atoms with E-state index in [1.54, 1.807) is 0 Å².